The summed E-state index contributed by atoms with van der Waals surface area (Å²) < 4.78 is 74.6. The van der Waals surface area contributed by atoms with E-state index in [1.807, 2.05) is 0 Å². The van der Waals surface area contributed by atoms with Crippen molar-refractivity contribution in [1.82, 2.24) is 24.2 Å². The molecule has 0 bridgehead atoms. The van der Waals surface area contributed by atoms with E-state index in [2.05, 4.69) is 25.3 Å². The van der Waals surface area contributed by atoms with Crippen molar-refractivity contribution >= 4 is 38.8 Å². The van der Waals surface area contributed by atoms with Crippen LogP contribution in [-0.2, 0) is 15.0 Å². The van der Waals surface area contributed by atoms with Gasteiger partial charge in [-0.25, -0.2) is 18.2 Å². The van der Waals surface area contributed by atoms with Gasteiger partial charge in [-0.1, -0.05) is 0 Å². The number of aromatic nitrogens is 3. The Balaban J connectivity index is 1.42. The lowest BCUT2D eigenvalue weighted by Crippen LogP contribution is -2.46. The number of rotatable bonds is 9. The number of halogens is 3. The molecule has 42 heavy (non-hydrogen) atoms. The molecule has 0 unspecified atom stereocenters. The molecule has 1 amide bonds. The number of carbonyl (C=O) groups is 1. The highest BCUT2D eigenvalue weighted by Gasteiger charge is 2.35. The van der Waals surface area contributed by atoms with Crippen molar-refractivity contribution in [3.05, 3.63) is 46.4 Å². The van der Waals surface area contributed by atoms with Gasteiger partial charge in [0.1, 0.15) is 17.6 Å². The summed E-state index contributed by atoms with van der Waals surface area (Å²) in [7, 11) is -4.33. The molecule has 2 saturated carbocycles. The first-order valence-corrected chi connectivity index (χ1v) is 15.3. The molecule has 3 fully saturated rings. The molecule has 6 rings (SSSR count). The van der Waals surface area contributed by atoms with Crippen LogP contribution in [0.5, 0.6) is 0 Å². The number of alkyl halides is 1. The lowest BCUT2D eigenvalue weighted by Gasteiger charge is -2.37. The second-order valence-electron chi connectivity index (χ2n) is 11.2. The fraction of sp³-hybridized carbons (Fsp3) is 0.481. The first-order chi connectivity index (χ1) is 20.0. The van der Waals surface area contributed by atoms with Crippen molar-refractivity contribution in [2.45, 2.75) is 57.3 Å². The van der Waals surface area contributed by atoms with Crippen molar-refractivity contribution in [3.8, 4) is 11.1 Å². The van der Waals surface area contributed by atoms with Gasteiger partial charge in [0, 0.05) is 50.2 Å². The largest absolute Gasteiger partial charge is 0.354 e. The summed E-state index contributed by atoms with van der Waals surface area (Å²) in [5, 5.41) is 6.32. The van der Waals surface area contributed by atoms with E-state index in [-0.39, 0.29) is 42.7 Å². The van der Waals surface area contributed by atoms with Crippen LogP contribution in [0.4, 0.5) is 24.8 Å². The van der Waals surface area contributed by atoms with Crippen LogP contribution in [-0.4, -0.2) is 65.0 Å². The van der Waals surface area contributed by atoms with Gasteiger partial charge in [0.25, 0.3) is 5.56 Å². The van der Waals surface area contributed by atoms with E-state index in [1.54, 1.807) is 0 Å². The molecule has 1 aromatic carbocycles. The molecule has 3 aromatic rings. The van der Waals surface area contributed by atoms with E-state index in [0.29, 0.717) is 36.6 Å². The average molecular weight is 606 g/mol. The van der Waals surface area contributed by atoms with Crippen molar-refractivity contribution < 1.29 is 26.4 Å². The number of benzene rings is 1. The highest BCUT2D eigenvalue weighted by molar-refractivity contribution is 7.90. The molecule has 3 heterocycles. The number of anilines is 2. The Morgan fingerprint density at radius 1 is 1.17 bits per heavy atom. The third-order valence-corrected chi connectivity index (χ3v) is 9.43. The Morgan fingerprint density at radius 3 is 2.60 bits per heavy atom. The number of nitrogens with zero attached hydrogens (tertiary/aromatic N) is 4. The number of hydrogen-bond acceptors (Lipinski definition) is 7. The monoisotopic (exact) mass is 605 g/mol. The van der Waals surface area contributed by atoms with Crippen LogP contribution in [0.1, 0.15) is 45.1 Å². The zero-order valence-corrected chi connectivity index (χ0v) is 23.6. The molecule has 3 N–H and O–H groups in total. The number of amides is 1. The molecule has 11 nitrogen and oxygen atoms in total. The van der Waals surface area contributed by atoms with Gasteiger partial charge in [-0.15, -0.1) is 0 Å². The summed E-state index contributed by atoms with van der Waals surface area (Å²) in [6.07, 6.45) is 3.17. The number of hydrogen-bond donors (Lipinski definition) is 3. The fourth-order valence-corrected chi connectivity index (χ4v) is 6.74. The first-order valence-electron chi connectivity index (χ1n) is 13.8. The summed E-state index contributed by atoms with van der Waals surface area (Å²) in [6, 6.07) is 2.48. The van der Waals surface area contributed by atoms with E-state index in [1.165, 1.54) is 23.8 Å². The van der Waals surface area contributed by atoms with Crippen molar-refractivity contribution in [1.29, 1.82) is 0 Å². The standard InChI is InChI=1S/C27H30F3N7O4S/c1-14(38)33-18-9-19(10-18)37-25-16(12-32-27(34-25)31-11-15-2-3-15)8-20(26(37)39)23-21(29)4-5-22(24(23)30)35-42(40,41)36-7-6-17(28)13-36/h4-5,8,12,15,17-19,35H,2-3,6-7,9-11,13H2,1H3,(H,33,38)(H,31,32,34)/t17-,18?,19?/m1/s1. The molecule has 1 saturated heterocycles. The number of pyridine rings is 1. The maximum Gasteiger partial charge on any atom is 0.301 e. The Hall–Kier alpha value is -3.72. The smallest absolute Gasteiger partial charge is 0.301 e. The molecule has 1 aliphatic heterocycles. The third kappa shape index (κ3) is 5.54. The Morgan fingerprint density at radius 2 is 1.93 bits per heavy atom. The van der Waals surface area contributed by atoms with Crippen LogP contribution in [0.15, 0.2) is 29.2 Å². The minimum atomic E-state index is -4.33. The average Bonchev–Trinajstić information content (AvgIpc) is 3.64. The summed E-state index contributed by atoms with van der Waals surface area (Å²) in [5.41, 5.74) is -2.08. The van der Waals surface area contributed by atoms with Gasteiger partial charge in [0.05, 0.1) is 16.8 Å². The molecule has 3 aliphatic rings. The lowest BCUT2D eigenvalue weighted by atomic mass is 9.86. The Labute approximate surface area is 239 Å². The summed E-state index contributed by atoms with van der Waals surface area (Å²) in [6.45, 7) is 1.62. The number of nitrogens with one attached hydrogen (secondary N) is 3. The van der Waals surface area contributed by atoms with Gasteiger partial charge >= 0.3 is 10.2 Å². The zero-order chi connectivity index (χ0) is 29.8. The topological polar surface area (TPSA) is 138 Å². The molecular weight excluding hydrogens is 575 g/mol. The van der Waals surface area contributed by atoms with E-state index in [0.717, 1.165) is 29.3 Å². The zero-order valence-electron chi connectivity index (χ0n) is 22.7. The van der Waals surface area contributed by atoms with E-state index < -0.39 is 50.9 Å². The van der Waals surface area contributed by atoms with Gasteiger partial charge < -0.3 is 10.6 Å². The van der Waals surface area contributed by atoms with Gasteiger partial charge in [-0.3, -0.25) is 18.9 Å². The number of carbonyl (C=O) groups excluding carboxylic acids is 1. The molecule has 15 heteroatoms. The van der Waals surface area contributed by atoms with Crippen LogP contribution in [0.2, 0.25) is 0 Å². The minimum Gasteiger partial charge on any atom is -0.354 e. The van der Waals surface area contributed by atoms with E-state index in [9.17, 15) is 22.4 Å². The Bertz CT molecular complexity index is 1720. The highest BCUT2D eigenvalue weighted by atomic mass is 32.2. The van der Waals surface area contributed by atoms with Crippen LogP contribution in [0.3, 0.4) is 0 Å². The van der Waals surface area contributed by atoms with Gasteiger partial charge in [0.2, 0.25) is 11.9 Å². The first kappa shape index (κ1) is 28.4. The molecule has 224 valence electrons. The van der Waals surface area contributed by atoms with Crippen molar-refractivity contribution in [2.75, 3.05) is 29.7 Å². The minimum absolute atomic E-state index is 0.0124. The maximum atomic E-state index is 15.9. The van der Waals surface area contributed by atoms with Crippen molar-refractivity contribution in [2.24, 2.45) is 5.92 Å². The second-order valence-corrected chi connectivity index (χ2v) is 12.9. The van der Waals surface area contributed by atoms with Crippen LogP contribution >= 0.6 is 0 Å². The number of fused-ring (bicyclic) bond motifs is 1. The SMILES string of the molecule is CC(=O)NC1CC(n2c(=O)c(-c3c(F)ccc(NS(=O)(=O)N4CC[C@@H](F)C4)c3F)cc3cnc(NCC4CC4)nc32)C1. The molecule has 2 aromatic heterocycles. The second kappa shape index (κ2) is 10.8. The molecule has 0 radical (unpaired) electrons. The van der Waals surface area contributed by atoms with Crippen LogP contribution < -0.4 is 20.9 Å². The lowest BCUT2D eigenvalue weighted by molar-refractivity contribution is -0.120. The summed E-state index contributed by atoms with van der Waals surface area (Å²) in [5.74, 6) is -1.71. The van der Waals surface area contributed by atoms with Crippen LogP contribution in [0.25, 0.3) is 22.2 Å². The summed E-state index contributed by atoms with van der Waals surface area (Å²) in [4.78, 5) is 34.4. The summed E-state index contributed by atoms with van der Waals surface area (Å²) >= 11 is 0. The quantitative estimate of drug-likeness (QED) is 0.341. The van der Waals surface area contributed by atoms with Gasteiger partial charge in [0.15, 0.2) is 5.82 Å². The fourth-order valence-electron chi connectivity index (χ4n) is 5.47. The molecule has 2 aliphatic carbocycles. The molecular formula is C27H30F3N7O4S. The predicted octanol–water partition coefficient (Wildman–Crippen LogP) is 3.10. The van der Waals surface area contributed by atoms with Crippen molar-refractivity contribution in [3.63, 3.8) is 0 Å². The molecule has 0 spiro atoms. The Kier molecular flexibility index (Phi) is 7.33. The van der Waals surface area contributed by atoms with E-state index in [4.69, 9.17) is 0 Å². The molecule has 1 atom stereocenters. The predicted molar refractivity (Wildman–Crippen MR) is 150 cm³/mol. The van der Waals surface area contributed by atoms with Crippen LogP contribution in [0, 0.1) is 17.6 Å². The van der Waals surface area contributed by atoms with Gasteiger partial charge in [-0.05, 0) is 56.2 Å². The third-order valence-electron chi connectivity index (χ3n) is 7.94. The van der Waals surface area contributed by atoms with Gasteiger partial charge in [-0.2, -0.15) is 17.7 Å². The highest BCUT2D eigenvalue weighted by Crippen LogP contribution is 2.36. The normalized spacial score (nSPS) is 22.6. The van der Waals surface area contributed by atoms with E-state index >= 15 is 8.78 Å². The maximum absolute atomic E-state index is 15.9.